The van der Waals surface area contributed by atoms with E-state index in [2.05, 4.69) is 17.6 Å². The third-order valence-corrected chi connectivity index (χ3v) is 2.27. The summed E-state index contributed by atoms with van der Waals surface area (Å²) in [5.41, 5.74) is 3.16. The lowest BCUT2D eigenvalue weighted by Crippen LogP contribution is -2.30. The van der Waals surface area contributed by atoms with Gasteiger partial charge in [0.1, 0.15) is 0 Å². The van der Waals surface area contributed by atoms with Gasteiger partial charge in [0.2, 0.25) is 0 Å². The zero-order valence-corrected chi connectivity index (χ0v) is 7.67. The molecule has 70 valence electrons. The molecule has 0 saturated carbocycles. The van der Waals surface area contributed by atoms with Crippen molar-refractivity contribution in [2.75, 3.05) is 17.2 Å². The number of nitrogens with one attached hydrogen (secondary N) is 2. The minimum atomic E-state index is 0.101. The van der Waals surface area contributed by atoms with E-state index < -0.39 is 0 Å². The number of benzene rings is 1. The molecule has 0 aliphatic carbocycles. The molecule has 1 heterocycles. The van der Waals surface area contributed by atoms with Gasteiger partial charge in [-0.05, 0) is 24.6 Å². The van der Waals surface area contributed by atoms with E-state index in [4.69, 9.17) is 5.11 Å². The summed E-state index contributed by atoms with van der Waals surface area (Å²) in [4.78, 5) is 0. The predicted molar refractivity (Wildman–Crippen MR) is 53.9 cm³/mol. The van der Waals surface area contributed by atoms with E-state index in [0.29, 0.717) is 6.04 Å². The Morgan fingerprint density at radius 3 is 3.08 bits per heavy atom. The highest BCUT2D eigenvalue weighted by Gasteiger charge is 2.12. The normalized spacial score (nSPS) is 20.0. The van der Waals surface area contributed by atoms with Crippen molar-refractivity contribution in [2.45, 2.75) is 19.6 Å². The molecule has 13 heavy (non-hydrogen) atoms. The van der Waals surface area contributed by atoms with Crippen LogP contribution in [0.5, 0.6) is 0 Å². The van der Waals surface area contributed by atoms with E-state index >= 15 is 0 Å². The molecule has 0 aromatic heterocycles. The van der Waals surface area contributed by atoms with Crippen molar-refractivity contribution in [2.24, 2.45) is 0 Å². The maximum atomic E-state index is 8.96. The molecular formula is C10H14N2O. The minimum absolute atomic E-state index is 0.101. The van der Waals surface area contributed by atoms with Crippen molar-refractivity contribution in [3.63, 3.8) is 0 Å². The third kappa shape index (κ3) is 1.60. The third-order valence-electron chi connectivity index (χ3n) is 2.27. The molecule has 1 aromatic rings. The van der Waals surface area contributed by atoms with Gasteiger partial charge in [0, 0.05) is 12.6 Å². The molecule has 1 atom stereocenters. The Morgan fingerprint density at radius 2 is 2.31 bits per heavy atom. The minimum Gasteiger partial charge on any atom is -0.392 e. The number of anilines is 2. The number of hydrogen-bond acceptors (Lipinski definition) is 3. The van der Waals surface area contributed by atoms with Gasteiger partial charge in [0.05, 0.1) is 18.0 Å². The van der Waals surface area contributed by atoms with Gasteiger partial charge >= 0.3 is 0 Å². The largest absolute Gasteiger partial charge is 0.392 e. The van der Waals surface area contributed by atoms with Crippen LogP contribution in [0.3, 0.4) is 0 Å². The molecule has 1 aliphatic heterocycles. The van der Waals surface area contributed by atoms with E-state index in [1.165, 1.54) is 0 Å². The second-order valence-electron chi connectivity index (χ2n) is 3.46. The molecule has 0 bridgehead atoms. The Morgan fingerprint density at radius 1 is 1.46 bits per heavy atom. The van der Waals surface area contributed by atoms with Crippen LogP contribution in [0, 0.1) is 0 Å². The lowest BCUT2D eigenvalue weighted by Gasteiger charge is -2.26. The monoisotopic (exact) mass is 178 g/mol. The summed E-state index contributed by atoms with van der Waals surface area (Å²) >= 11 is 0. The summed E-state index contributed by atoms with van der Waals surface area (Å²) in [6.07, 6.45) is 0. The molecule has 0 amide bonds. The highest BCUT2D eigenvalue weighted by atomic mass is 16.3. The van der Waals surface area contributed by atoms with Gasteiger partial charge in [-0.15, -0.1) is 0 Å². The summed E-state index contributed by atoms with van der Waals surface area (Å²) in [6, 6.07) is 6.36. The molecule has 1 unspecified atom stereocenters. The van der Waals surface area contributed by atoms with Crippen LogP contribution in [0.25, 0.3) is 0 Å². The summed E-state index contributed by atoms with van der Waals surface area (Å²) in [5, 5.41) is 15.6. The quantitative estimate of drug-likeness (QED) is 0.609. The molecule has 3 heteroatoms. The molecule has 0 radical (unpaired) electrons. The number of rotatable bonds is 1. The highest BCUT2D eigenvalue weighted by molar-refractivity contribution is 5.72. The van der Waals surface area contributed by atoms with E-state index in [0.717, 1.165) is 23.5 Å². The topological polar surface area (TPSA) is 44.3 Å². The second-order valence-corrected chi connectivity index (χ2v) is 3.46. The molecule has 3 nitrogen and oxygen atoms in total. The number of aliphatic hydroxyl groups excluding tert-OH is 1. The summed E-state index contributed by atoms with van der Waals surface area (Å²) in [6.45, 7) is 3.18. The van der Waals surface area contributed by atoms with Crippen LogP contribution in [0.4, 0.5) is 11.4 Å². The van der Waals surface area contributed by atoms with Crippen LogP contribution < -0.4 is 10.6 Å². The molecular weight excluding hydrogens is 164 g/mol. The number of aliphatic hydroxyl groups is 1. The Bertz CT molecular complexity index is 312. The first-order valence-electron chi connectivity index (χ1n) is 4.54. The number of fused-ring (bicyclic) bond motifs is 1. The van der Waals surface area contributed by atoms with E-state index in [1.54, 1.807) is 0 Å². The lowest BCUT2D eigenvalue weighted by molar-refractivity contribution is 0.282. The van der Waals surface area contributed by atoms with Gasteiger partial charge in [0.25, 0.3) is 0 Å². The molecule has 0 saturated heterocycles. The van der Waals surface area contributed by atoms with Crippen LogP contribution in [0.1, 0.15) is 12.5 Å². The lowest BCUT2D eigenvalue weighted by atomic mass is 10.1. The van der Waals surface area contributed by atoms with Crippen LogP contribution in [-0.4, -0.2) is 17.7 Å². The standard InChI is InChI=1S/C10H14N2O/c1-7-5-11-9-3-2-8(6-13)4-10(9)12-7/h2-4,7,11-13H,5-6H2,1H3. The van der Waals surface area contributed by atoms with Gasteiger partial charge in [-0.2, -0.15) is 0 Å². The Balaban J connectivity index is 2.32. The first kappa shape index (κ1) is 8.38. The van der Waals surface area contributed by atoms with Crippen LogP contribution in [-0.2, 0) is 6.61 Å². The predicted octanol–water partition coefficient (Wildman–Crippen LogP) is 1.40. The van der Waals surface area contributed by atoms with Gasteiger partial charge < -0.3 is 15.7 Å². The van der Waals surface area contributed by atoms with E-state index in [-0.39, 0.29) is 6.61 Å². The number of hydrogen-bond donors (Lipinski definition) is 3. The average Bonchev–Trinajstić information content (AvgIpc) is 2.16. The second kappa shape index (κ2) is 3.26. The summed E-state index contributed by atoms with van der Waals surface area (Å²) < 4.78 is 0. The SMILES string of the molecule is CC1CNc2ccc(CO)cc2N1. The Labute approximate surface area is 77.8 Å². The van der Waals surface area contributed by atoms with Crippen molar-refractivity contribution in [1.82, 2.24) is 0 Å². The maximum absolute atomic E-state index is 8.96. The van der Waals surface area contributed by atoms with Crippen LogP contribution >= 0.6 is 0 Å². The fourth-order valence-electron chi connectivity index (χ4n) is 1.54. The molecule has 1 aromatic carbocycles. The zero-order chi connectivity index (χ0) is 9.26. The van der Waals surface area contributed by atoms with Crippen LogP contribution in [0.15, 0.2) is 18.2 Å². The Kier molecular flexibility index (Phi) is 2.10. The van der Waals surface area contributed by atoms with Crippen molar-refractivity contribution < 1.29 is 5.11 Å². The molecule has 3 N–H and O–H groups in total. The smallest absolute Gasteiger partial charge is 0.0682 e. The van der Waals surface area contributed by atoms with Gasteiger partial charge in [-0.3, -0.25) is 0 Å². The molecule has 0 spiro atoms. The van der Waals surface area contributed by atoms with E-state index in [1.807, 2.05) is 18.2 Å². The fraction of sp³-hybridized carbons (Fsp3) is 0.400. The average molecular weight is 178 g/mol. The first-order chi connectivity index (χ1) is 6.29. The fourth-order valence-corrected chi connectivity index (χ4v) is 1.54. The molecule has 0 fully saturated rings. The summed E-state index contributed by atoms with van der Waals surface area (Å²) in [7, 11) is 0. The Hall–Kier alpha value is -1.22. The van der Waals surface area contributed by atoms with Crippen molar-refractivity contribution in [3.05, 3.63) is 23.8 Å². The van der Waals surface area contributed by atoms with Crippen molar-refractivity contribution >= 4 is 11.4 Å². The van der Waals surface area contributed by atoms with Crippen molar-refractivity contribution in [3.8, 4) is 0 Å². The summed E-state index contributed by atoms with van der Waals surface area (Å²) in [5.74, 6) is 0. The zero-order valence-electron chi connectivity index (χ0n) is 7.67. The first-order valence-corrected chi connectivity index (χ1v) is 4.54. The van der Waals surface area contributed by atoms with Gasteiger partial charge in [0.15, 0.2) is 0 Å². The highest BCUT2D eigenvalue weighted by Crippen LogP contribution is 2.26. The molecule has 2 rings (SSSR count). The van der Waals surface area contributed by atoms with Crippen LogP contribution in [0.2, 0.25) is 0 Å². The maximum Gasteiger partial charge on any atom is 0.0682 e. The van der Waals surface area contributed by atoms with E-state index in [9.17, 15) is 0 Å². The molecule has 1 aliphatic rings. The van der Waals surface area contributed by atoms with Gasteiger partial charge in [-0.25, -0.2) is 0 Å². The van der Waals surface area contributed by atoms with Gasteiger partial charge in [-0.1, -0.05) is 6.07 Å². The van der Waals surface area contributed by atoms with Crippen molar-refractivity contribution in [1.29, 1.82) is 0 Å².